The maximum Gasteiger partial charge on any atom is 0.234 e. The minimum atomic E-state index is -0.204. The molecular weight excluding hydrogens is 300 g/mol. The highest BCUT2D eigenvalue weighted by Gasteiger charge is 2.27. The predicted octanol–water partition coefficient (Wildman–Crippen LogP) is 1.23. The average molecular weight is 315 g/mol. The van der Waals surface area contributed by atoms with Crippen LogP contribution in [0.3, 0.4) is 0 Å². The van der Waals surface area contributed by atoms with Crippen LogP contribution in [0, 0.1) is 0 Å². The number of fused-ring (bicyclic) bond motifs is 1. The number of ether oxygens (including phenoxy) is 1. The predicted molar refractivity (Wildman–Crippen MR) is 81.0 cm³/mol. The highest BCUT2D eigenvalue weighted by atomic mass is 35.5. The van der Waals surface area contributed by atoms with Gasteiger partial charge in [0.2, 0.25) is 17.8 Å². The van der Waals surface area contributed by atoms with E-state index in [1.165, 1.54) is 10.4 Å². The lowest BCUT2D eigenvalue weighted by Gasteiger charge is -2.31. The smallest absolute Gasteiger partial charge is 0.234 e. The van der Waals surface area contributed by atoms with Gasteiger partial charge in [0.25, 0.3) is 0 Å². The molecule has 0 aliphatic carbocycles. The Balaban J connectivity index is 0.00000147. The van der Waals surface area contributed by atoms with Gasteiger partial charge < -0.3 is 21.1 Å². The van der Waals surface area contributed by atoms with E-state index in [0.717, 1.165) is 6.42 Å². The Kier molecular flexibility index (Phi) is 4.26. The van der Waals surface area contributed by atoms with E-state index in [1.807, 2.05) is 11.9 Å². The summed E-state index contributed by atoms with van der Waals surface area (Å²) in [6.45, 7) is 0.675. The van der Waals surface area contributed by atoms with E-state index in [9.17, 15) is 0 Å². The molecule has 20 heavy (non-hydrogen) atoms. The number of aromatic nitrogens is 3. The van der Waals surface area contributed by atoms with E-state index in [4.69, 9.17) is 16.2 Å². The van der Waals surface area contributed by atoms with Gasteiger partial charge in [-0.05, 0) is 23.4 Å². The minimum Gasteiger partial charge on any atom is -0.368 e. The van der Waals surface area contributed by atoms with Gasteiger partial charge in [-0.1, -0.05) is 0 Å². The second-order valence-corrected chi connectivity index (χ2v) is 5.19. The molecule has 1 atom stereocenters. The van der Waals surface area contributed by atoms with Crippen LogP contribution in [0.15, 0.2) is 11.4 Å². The lowest BCUT2D eigenvalue weighted by Crippen LogP contribution is -2.31. The third-order valence-corrected chi connectivity index (χ3v) is 3.97. The van der Waals surface area contributed by atoms with Crippen LogP contribution in [0.1, 0.15) is 16.7 Å². The van der Waals surface area contributed by atoms with E-state index < -0.39 is 0 Å². The zero-order valence-corrected chi connectivity index (χ0v) is 12.4. The van der Waals surface area contributed by atoms with E-state index in [-0.39, 0.29) is 30.5 Å². The van der Waals surface area contributed by atoms with E-state index in [1.54, 1.807) is 11.3 Å². The summed E-state index contributed by atoms with van der Waals surface area (Å²) in [5.41, 5.74) is 12.5. The highest BCUT2D eigenvalue weighted by molar-refractivity contribution is 7.10. The number of hydrogen-bond acceptors (Lipinski definition) is 8. The molecule has 0 amide bonds. The van der Waals surface area contributed by atoms with Crippen molar-refractivity contribution in [2.75, 3.05) is 30.0 Å². The van der Waals surface area contributed by atoms with Gasteiger partial charge in [0.05, 0.1) is 11.5 Å². The number of anilines is 3. The monoisotopic (exact) mass is 314 g/mol. The molecule has 0 saturated heterocycles. The largest absolute Gasteiger partial charge is 0.368 e. The molecule has 2 aromatic rings. The topological polar surface area (TPSA) is 103 Å². The summed E-state index contributed by atoms with van der Waals surface area (Å²) >= 11 is 1.66. The summed E-state index contributed by atoms with van der Waals surface area (Å²) < 4.78 is 5.81. The molecule has 1 aliphatic heterocycles. The van der Waals surface area contributed by atoms with Gasteiger partial charge in [0, 0.05) is 7.05 Å². The van der Waals surface area contributed by atoms with Crippen LogP contribution in [-0.4, -0.2) is 28.6 Å². The van der Waals surface area contributed by atoms with Crippen LogP contribution in [0.5, 0.6) is 0 Å². The van der Waals surface area contributed by atoms with Crippen LogP contribution < -0.4 is 16.4 Å². The third kappa shape index (κ3) is 2.62. The summed E-state index contributed by atoms with van der Waals surface area (Å²) in [6.07, 6.45) is 0.731. The van der Waals surface area contributed by atoms with Crippen LogP contribution in [-0.2, 0) is 11.2 Å². The van der Waals surface area contributed by atoms with Crippen molar-refractivity contribution in [3.05, 3.63) is 21.9 Å². The number of nitrogen functional groups attached to an aromatic ring is 2. The van der Waals surface area contributed by atoms with Crippen molar-refractivity contribution in [1.82, 2.24) is 15.0 Å². The lowest BCUT2D eigenvalue weighted by atomic mass is 10.1. The minimum absolute atomic E-state index is 0. The van der Waals surface area contributed by atoms with Crippen molar-refractivity contribution >= 4 is 41.6 Å². The zero-order chi connectivity index (χ0) is 13.4. The molecule has 2 aromatic heterocycles. The Bertz CT molecular complexity index is 586. The maximum atomic E-state index is 5.81. The number of thiophene rings is 1. The van der Waals surface area contributed by atoms with Crippen molar-refractivity contribution in [1.29, 1.82) is 0 Å². The van der Waals surface area contributed by atoms with Gasteiger partial charge in [0.15, 0.2) is 6.23 Å². The van der Waals surface area contributed by atoms with Crippen molar-refractivity contribution < 1.29 is 4.74 Å². The van der Waals surface area contributed by atoms with Crippen molar-refractivity contribution in [3.63, 3.8) is 0 Å². The molecule has 4 N–H and O–H groups in total. The average Bonchev–Trinajstić information content (AvgIpc) is 2.84. The summed E-state index contributed by atoms with van der Waals surface area (Å²) in [7, 11) is 1.85. The zero-order valence-electron chi connectivity index (χ0n) is 10.8. The van der Waals surface area contributed by atoms with E-state index in [2.05, 4.69) is 26.4 Å². The van der Waals surface area contributed by atoms with Gasteiger partial charge in [-0.2, -0.15) is 15.0 Å². The number of nitrogens with two attached hydrogens (primary N) is 2. The van der Waals surface area contributed by atoms with Crippen molar-refractivity contribution in [2.45, 2.75) is 12.6 Å². The molecule has 1 aliphatic rings. The van der Waals surface area contributed by atoms with Gasteiger partial charge >= 0.3 is 0 Å². The Hall–Kier alpha value is -1.64. The summed E-state index contributed by atoms with van der Waals surface area (Å²) in [5, 5.41) is 2.07. The van der Waals surface area contributed by atoms with E-state index >= 15 is 0 Å². The number of rotatable bonds is 2. The number of hydrogen-bond donors (Lipinski definition) is 2. The molecule has 0 saturated carbocycles. The molecule has 7 nitrogen and oxygen atoms in total. The van der Waals surface area contributed by atoms with Crippen LogP contribution in [0.2, 0.25) is 0 Å². The second kappa shape index (κ2) is 5.78. The molecular formula is C11H15ClN6OS. The standard InChI is InChI=1S/C11H14N6OS.ClH/c1-17(11-15-9(12)14-10(13)16-11)8-7-6(2-4-18-8)3-5-19-7;/h3,5,8H,2,4H2,1H3,(H4,12,13,14,15,16);1H. The molecule has 0 bridgehead atoms. The Morgan fingerprint density at radius 2 is 2.00 bits per heavy atom. The SMILES string of the molecule is CN(c1nc(N)nc(N)n1)C1OCCc2ccsc21.Cl. The first-order chi connectivity index (χ1) is 9.15. The first-order valence-electron chi connectivity index (χ1n) is 5.83. The van der Waals surface area contributed by atoms with Crippen LogP contribution in [0.25, 0.3) is 0 Å². The van der Waals surface area contributed by atoms with Crippen molar-refractivity contribution in [2.24, 2.45) is 0 Å². The normalized spacial score (nSPS) is 17.1. The van der Waals surface area contributed by atoms with Crippen molar-refractivity contribution in [3.8, 4) is 0 Å². The quantitative estimate of drug-likeness (QED) is 0.859. The molecule has 1 unspecified atom stereocenters. The van der Waals surface area contributed by atoms with Gasteiger partial charge in [-0.3, -0.25) is 0 Å². The second-order valence-electron chi connectivity index (χ2n) is 4.25. The maximum absolute atomic E-state index is 5.81. The molecule has 0 radical (unpaired) electrons. The Morgan fingerprint density at radius 1 is 1.30 bits per heavy atom. The molecule has 0 aromatic carbocycles. The summed E-state index contributed by atoms with van der Waals surface area (Å²) in [6, 6.07) is 2.12. The highest BCUT2D eigenvalue weighted by Crippen LogP contribution is 2.34. The number of nitrogens with zero attached hydrogens (tertiary/aromatic N) is 4. The fraction of sp³-hybridized carbons (Fsp3) is 0.364. The molecule has 3 heterocycles. The fourth-order valence-electron chi connectivity index (χ4n) is 2.07. The summed E-state index contributed by atoms with van der Waals surface area (Å²) in [4.78, 5) is 14.9. The summed E-state index contributed by atoms with van der Waals surface area (Å²) in [5.74, 6) is 0.629. The molecule has 0 spiro atoms. The first-order valence-corrected chi connectivity index (χ1v) is 6.71. The molecule has 108 valence electrons. The lowest BCUT2D eigenvalue weighted by molar-refractivity contribution is 0.0454. The Morgan fingerprint density at radius 3 is 2.70 bits per heavy atom. The molecule has 9 heteroatoms. The van der Waals surface area contributed by atoms with Crippen LogP contribution in [0.4, 0.5) is 17.8 Å². The van der Waals surface area contributed by atoms with E-state index in [0.29, 0.717) is 12.6 Å². The fourth-order valence-corrected chi connectivity index (χ4v) is 3.12. The van der Waals surface area contributed by atoms with Gasteiger partial charge in [0.1, 0.15) is 0 Å². The van der Waals surface area contributed by atoms with Crippen LogP contribution >= 0.6 is 23.7 Å². The Labute approximate surface area is 126 Å². The van der Waals surface area contributed by atoms with Gasteiger partial charge in [-0.25, -0.2) is 0 Å². The van der Waals surface area contributed by atoms with Gasteiger partial charge in [-0.15, -0.1) is 23.7 Å². The third-order valence-electron chi connectivity index (χ3n) is 2.98. The first kappa shape index (κ1) is 14.8. The number of halogens is 1. The molecule has 0 fully saturated rings. The molecule has 3 rings (SSSR count).